The van der Waals surface area contributed by atoms with Crippen LogP contribution in [-0.4, -0.2) is 55.3 Å². The molecule has 2 aliphatic rings. The second-order valence-corrected chi connectivity index (χ2v) is 9.45. The molecule has 0 unspecified atom stereocenters. The van der Waals surface area contributed by atoms with Gasteiger partial charge in [0.15, 0.2) is 5.13 Å². The van der Waals surface area contributed by atoms with Gasteiger partial charge in [0, 0.05) is 32.3 Å². The number of thiazole rings is 1. The van der Waals surface area contributed by atoms with Crippen LogP contribution < -0.4 is 5.32 Å². The molecular weight excluding hydrogens is 379 g/mol. The average molecular weight is 399 g/mol. The Morgan fingerprint density at radius 3 is 2.40 bits per heavy atom. The standard InChI is InChI=1S/C14H20F3N3O3S2/c15-14(16,17)12-9-18-13(24-12)19-10-1-5-20(6-2-10)25(21,22)11-3-7-23-8-4-11/h9-11H,1-8H2,(H,18,19). The molecule has 1 N–H and O–H groups in total. The normalized spacial score (nSPS) is 22.2. The number of nitrogens with zero attached hydrogens (tertiary/aromatic N) is 2. The molecule has 0 bridgehead atoms. The van der Waals surface area contributed by atoms with E-state index in [9.17, 15) is 21.6 Å². The molecule has 3 heterocycles. The number of ether oxygens (including phenoxy) is 1. The fourth-order valence-electron chi connectivity index (χ4n) is 3.09. The van der Waals surface area contributed by atoms with Crippen LogP contribution in [0.3, 0.4) is 0 Å². The van der Waals surface area contributed by atoms with Gasteiger partial charge in [0.25, 0.3) is 0 Å². The third kappa shape index (κ3) is 4.44. The average Bonchev–Trinajstić information content (AvgIpc) is 3.05. The Balaban J connectivity index is 1.54. The van der Waals surface area contributed by atoms with Crippen molar-refractivity contribution in [1.82, 2.24) is 9.29 Å². The third-order valence-corrected chi connectivity index (χ3v) is 7.89. The van der Waals surface area contributed by atoms with Crippen LogP contribution in [0.1, 0.15) is 30.6 Å². The molecular formula is C14H20F3N3O3S2. The lowest BCUT2D eigenvalue weighted by Gasteiger charge is -2.35. The van der Waals surface area contributed by atoms with Crippen molar-refractivity contribution in [3.05, 3.63) is 11.1 Å². The summed E-state index contributed by atoms with van der Waals surface area (Å²) in [5.74, 6) is 0. The predicted molar refractivity (Wildman–Crippen MR) is 88.1 cm³/mol. The lowest BCUT2D eigenvalue weighted by molar-refractivity contribution is -0.134. The molecule has 0 atom stereocenters. The topological polar surface area (TPSA) is 71.5 Å². The molecule has 0 aromatic carbocycles. The van der Waals surface area contributed by atoms with Gasteiger partial charge >= 0.3 is 6.18 Å². The number of aromatic nitrogens is 1. The highest BCUT2D eigenvalue weighted by molar-refractivity contribution is 7.89. The lowest BCUT2D eigenvalue weighted by Crippen LogP contribution is -2.47. The minimum atomic E-state index is -4.39. The first kappa shape index (κ1) is 18.9. The van der Waals surface area contributed by atoms with E-state index >= 15 is 0 Å². The fraction of sp³-hybridized carbons (Fsp3) is 0.786. The Morgan fingerprint density at radius 2 is 1.84 bits per heavy atom. The first-order valence-electron chi connectivity index (χ1n) is 8.13. The van der Waals surface area contributed by atoms with E-state index in [0.29, 0.717) is 63.3 Å². The molecule has 0 radical (unpaired) electrons. The molecule has 0 spiro atoms. The molecule has 1 aromatic rings. The van der Waals surface area contributed by atoms with Crippen LogP contribution in [0.4, 0.5) is 18.3 Å². The van der Waals surface area contributed by atoms with Gasteiger partial charge in [0.2, 0.25) is 10.0 Å². The second-order valence-electron chi connectivity index (χ2n) is 6.20. The van der Waals surface area contributed by atoms with Crippen LogP contribution >= 0.6 is 11.3 Å². The van der Waals surface area contributed by atoms with E-state index in [-0.39, 0.29) is 16.4 Å². The zero-order valence-corrected chi connectivity index (χ0v) is 15.1. The van der Waals surface area contributed by atoms with Gasteiger partial charge in [-0.05, 0) is 25.7 Å². The number of nitrogens with one attached hydrogen (secondary N) is 1. The highest BCUT2D eigenvalue weighted by Gasteiger charge is 2.36. The van der Waals surface area contributed by atoms with Gasteiger partial charge in [-0.1, -0.05) is 11.3 Å². The Morgan fingerprint density at radius 1 is 1.20 bits per heavy atom. The molecule has 11 heteroatoms. The maximum Gasteiger partial charge on any atom is 0.427 e. The number of anilines is 1. The van der Waals surface area contributed by atoms with Crippen molar-refractivity contribution in [1.29, 1.82) is 0 Å². The lowest BCUT2D eigenvalue weighted by atomic mass is 10.1. The van der Waals surface area contributed by atoms with E-state index in [1.807, 2.05) is 0 Å². The van der Waals surface area contributed by atoms with E-state index in [1.165, 1.54) is 4.31 Å². The zero-order chi connectivity index (χ0) is 18.1. The smallest absolute Gasteiger partial charge is 0.381 e. The summed E-state index contributed by atoms with van der Waals surface area (Å²) in [5.41, 5.74) is 0. The number of sulfonamides is 1. The van der Waals surface area contributed by atoms with Crippen molar-refractivity contribution in [2.75, 3.05) is 31.6 Å². The molecule has 0 amide bonds. The summed E-state index contributed by atoms with van der Waals surface area (Å²) in [6.45, 7) is 1.67. The number of halogens is 3. The summed E-state index contributed by atoms with van der Waals surface area (Å²) >= 11 is 0.570. The number of alkyl halides is 3. The Hall–Kier alpha value is -0.910. The molecule has 2 fully saturated rings. The first-order valence-corrected chi connectivity index (χ1v) is 10.4. The molecule has 0 saturated carbocycles. The van der Waals surface area contributed by atoms with Crippen LogP contribution in [-0.2, 0) is 20.9 Å². The van der Waals surface area contributed by atoms with Crippen LogP contribution in [0.2, 0.25) is 0 Å². The summed E-state index contributed by atoms with van der Waals surface area (Å²) in [6, 6.07) is -0.0756. The van der Waals surface area contributed by atoms with Gasteiger partial charge in [-0.15, -0.1) is 0 Å². The number of hydrogen-bond acceptors (Lipinski definition) is 6. The Bertz CT molecular complexity index is 679. The van der Waals surface area contributed by atoms with Crippen LogP contribution in [0.25, 0.3) is 0 Å². The van der Waals surface area contributed by atoms with Crippen molar-refractivity contribution < 1.29 is 26.3 Å². The SMILES string of the molecule is O=S(=O)(C1CCOCC1)N1CCC(Nc2ncc(C(F)(F)F)s2)CC1. The number of hydrogen-bond donors (Lipinski definition) is 1. The molecule has 6 nitrogen and oxygen atoms in total. The van der Waals surface area contributed by atoms with Gasteiger partial charge in [-0.25, -0.2) is 17.7 Å². The number of piperidine rings is 1. The molecule has 3 rings (SSSR count). The maximum atomic E-state index is 12.6. The van der Waals surface area contributed by atoms with Gasteiger partial charge < -0.3 is 10.1 Å². The van der Waals surface area contributed by atoms with Crippen molar-refractivity contribution in [3.63, 3.8) is 0 Å². The highest BCUT2D eigenvalue weighted by atomic mass is 32.2. The molecule has 0 aliphatic carbocycles. The summed E-state index contributed by atoms with van der Waals surface area (Å²) in [4.78, 5) is 3.02. The van der Waals surface area contributed by atoms with Crippen molar-refractivity contribution in [2.45, 2.75) is 43.2 Å². The highest BCUT2D eigenvalue weighted by Crippen LogP contribution is 2.35. The minimum absolute atomic E-state index is 0.0756. The first-order chi connectivity index (χ1) is 11.8. The van der Waals surface area contributed by atoms with Crippen molar-refractivity contribution >= 4 is 26.5 Å². The van der Waals surface area contributed by atoms with E-state index < -0.39 is 21.1 Å². The second kappa shape index (κ2) is 7.37. The van der Waals surface area contributed by atoms with E-state index in [1.54, 1.807) is 0 Å². The summed E-state index contributed by atoms with van der Waals surface area (Å²) in [7, 11) is -3.33. The van der Waals surface area contributed by atoms with Gasteiger partial charge in [0.05, 0.1) is 11.4 Å². The predicted octanol–water partition coefficient (Wildman–Crippen LogP) is 2.55. The molecule has 2 aliphatic heterocycles. The molecule has 1 aromatic heterocycles. The van der Waals surface area contributed by atoms with Crippen LogP contribution in [0, 0.1) is 0 Å². The summed E-state index contributed by atoms with van der Waals surface area (Å²) in [5, 5.41) is 2.82. The maximum absolute atomic E-state index is 12.6. The monoisotopic (exact) mass is 399 g/mol. The van der Waals surface area contributed by atoms with Gasteiger partial charge in [0.1, 0.15) is 4.88 Å². The molecule has 2 saturated heterocycles. The Kier molecular flexibility index (Phi) is 5.57. The summed E-state index contributed by atoms with van der Waals surface area (Å²) in [6.07, 6.45) is -1.46. The molecule has 25 heavy (non-hydrogen) atoms. The fourth-order valence-corrected chi connectivity index (χ4v) is 5.78. The number of rotatable bonds is 4. The van der Waals surface area contributed by atoms with E-state index in [4.69, 9.17) is 4.74 Å². The van der Waals surface area contributed by atoms with Crippen LogP contribution in [0.5, 0.6) is 0 Å². The van der Waals surface area contributed by atoms with Crippen LogP contribution in [0.15, 0.2) is 6.20 Å². The zero-order valence-electron chi connectivity index (χ0n) is 13.5. The van der Waals surface area contributed by atoms with E-state index in [2.05, 4.69) is 10.3 Å². The quantitative estimate of drug-likeness (QED) is 0.843. The largest absolute Gasteiger partial charge is 0.427 e. The van der Waals surface area contributed by atoms with E-state index in [0.717, 1.165) is 6.20 Å². The van der Waals surface area contributed by atoms with Gasteiger partial charge in [-0.3, -0.25) is 0 Å². The van der Waals surface area contributed by atoms with Gasteiger partial charge in [-0.2, -0.15) is 13.2 Å². The van der Waals surface area contributed by atoms with Crippen molar-refractivity contribution in [2.24, 2.45) is 0 Å². The van der Waals surface area contributed by atoms with Crippen molar-refractivity contribution in [3.8, 4) is 0 Å². The third-order valence-electron chi connectivity index (χ3n) is 4.52. The summed E-state index contributed by atoms with van der Waals surface area (Å²) < 4.78 is 69.8. The molecule has 142 valence electrons. The minimum Gasteiger partial charge on any atom is -0.381 e. The Labute approximate surface area is 148 Å².